The molecule has 0 bridgehead atoms. The molecule has 0 saturated carbocycles. The molecule has 2 aromatic rings. The maximum Gasteiger partial charge on any atom is 0.220 e. The zero-order chi connectivity index (χ0) is 14.2. The van der Waals surface area contributed by atoms with E-state index in [2.05, 4.69) is 38.1 Å². The van der Waals surface area contributed by atoms with Gasteiger partial charge in [0.25, 0.3) is 0 Å². The first-order chi connectivity index (χ1) is 9.75. The molecule has 2 rings (SSSR count). The topological polar surface area (TPSA) is 83.6 Å². The molecule has 1 aromatic heterocycles. The lowest BCUT2D eigenvalue weighted by Crippen LogP contribution is -2.27. The average Bonchev–Trinajstić information content (AvgIpc) is 2.99. The lowest BCUT2D eigenvalue weighted by atomic mass is 10.2. The van der Waals surface area contributed by atoms with Crippen LogP contribution in [0.15, 0.2) is 35.2 Å². The van der Waals surface area contributed by atoms with Crippen molar-refractivity contribution in [1.82, 2.24) is 25.9 Å². The summed E-state index contributed by atoms with van der Waals surface area (Å²) in [6.07, 6.45) is 1.34. The Morgan fingerprint density at radius 1 is 1.40 bits per heavy atom. The molecule has 1 aromatic carbocycles. The van der Waals surface area contributed by atoms with Crippen molar-refractivity contribution in [3.63, 3.8) is 0 Å². The third kappa shape index (κ3) is 4.65. The Bertz CT molecular complexity index is 517. The first-order valence-corrected chi connectivity index (χ1v) is 7.45. The quantitative estimate of drug-likeness (QED) is 0.602. The number of thioether (sulfide) groups is 1. The molecule has 0 aliphatic carbocycles. The molecule has 0 saturated heterocycles. The second-order valence-corrected chi connectivity index (χ2v) is 5.49. The number of benzene rings is 1. The zero-order valence-corrected chi connectivity index (χ0v) is 12.1. The van der Waals surface area contributed by atoms with Gasteiger partial charge < -0.3 is 5.32 Å². The summed E-state index contributed by atoms with van der Waals surface area (Å²) in [4.78, 5) is 13.0. The van der Waals surface area contributed by atoms with E-state index < -0.39 is 0 Å². The standard InChI is InChI=1S/C13H17N5OS/c1-10(13-15-17-18-16-13)14-12(19)8-5-9-20-11-6-3-2-4-7-11/h2-4,6-7,10H,5,8-9H2,1H3,(H,14,19)(H,15,16,17,18). The number of rotatable bonds is 7. The first kappa shape index (κ1) is 14.5. The Hall–Kier alpha value is -1.89. The number of nitrogens with one attached hydrogen (secondary N) is 2. The van der Waals surface area contributed by atoms with Crippen LogP contribution in [0.1, 0.15) is 31.6 Å². The summed E-state index contributed by atoms with van der Waals surface area (Å²) in [6, 6.07) is 9.95. The van der Waals surface area contributed by atoms with Gasteiger partial charge in [-0.25, -0.2) is 0 Å². The molecule has 1 heterocycles. The summed E-state index contributed by atoms with van der Waals surface area (Å²) in [6.45, 7) is 1.83. The monoisotopic (exact) mass is 291 g/mol. The number of carbonyl (C=O) groups is 1. The zero-order valence-electron chi connectivity index (χ0n) is 11.2. The van der Waals surface area contributed by atoms with E-state index in [4.69, 9.17) is 0 Å². The van der Waals surface area contributed by atoms with E-state index in [0.29, 0.717) is 12.2 Å². The average molecular weight is 291 g/mol. The molecule has 2 N–H and O–H groups in total. The van der Waals surface area contributed by atoms with Crippen LogP contribution < -0.4 is 5.32 Å². The first-order valence-electron chi connectivity index (χ1n) is 6.46. The number of nitrogens with zero attached hydrogens (tertiary/aromatic N) is 3. The second kappa shape index (κ2) is 7.64. The number of carbonyl (C=O) groups excluding carboxylic acids is 1. The number of amides is 1. The SMILES string of the molecule is CC(NC(=O)CCCSc1ccccc1)c1nn[nH]n1. The minimum atomic E-state index is -0.219. The maximum atomic E-state index is 11.8. The Balaban J connectivity index is 1.63. The third-order valence-corrected chi connectivity index (χ3v) is 3.78. The smallest absolute Gasteiger partial charge is 0.220 e. The largest absolute Gasteiger partial charge is 0.346 e. The van der Waals surface area contributed by atoms with Gasteiger partial charge in [0, 0.05) is 11.3 Å². The summed E-state index contributed by atoms with van der Waals surface area (Å²) in [7, 11) is 0. The van der Waals surface area contributed by atoms with Crippen molar-refractivity contribution >= 4 is 17.7 Å². The summed E-state index contributed by atoms with van der Waals surface area (Å²) in [5.74, 6) is 1.43. The molecule has 106 valence electrons. The second-order valence-electron chi connectivity index (χ2n) is 4.32. The van der Waals surface area contributed by atoms with Gasteiger partial charge in [0.2, 0.25) is 5.91 Å². The molecule has 1 unspecified atom stereocenters. The fourth-order valence-corrected chi connectivity index (χ4v) is 2.54. The summed E-state index contributed by atoms with van der Waals surface area (Å²) < 4.78 is 0. The Labute approximate surface area is 121 Å². The van der Waals surface area contributed by atoms with Crippen molar-refractivity contribution in [2.45, 2.75) is 30.7 Å². The number of tetrazole rings is 1. The van der Waals surface area contributed by atoms with Crippen LogP contribution in [0.5, 0.6) is 0 Å². The highest BCUT2D eigenvalue weighted by Crippen LogP contribution is 2.18. The van der Waals surface area contributed by atoms with E-state index in [9.17, 15) is 4.79 Å². The van der Waals surface area contributed by atoms with Gasteiger partial charge in [0.1, 0.15) is 0 Å². The van der Waals surface area contributed by atoms with Crippen molar-refractivity contribution < 1.29 is 4.79 Å². The predicted molar refractivity (Wildman–Crippen MR) is 77.1 cm³/mol. The summed E-state index contributed by atoms with van der Waals surface area (Å²) in [5.41, 5.74) is 0. The fraction of sp³-hybridized carbons (Fsp3) is 0.385. The van der Waals surface area contributed by atoms with Crippen LogP contribution in [0.2, 0.25) is 0 Å². The van der Waals surface area contributed by atoms with Gasteiger partial charge in [-0.05, 0) is 31.2 Å². The maximum absolute atomic E-state index is 11.8. The molecule has 0 spiro atoms. The molecule has 1 atom stereocenters. The Kier molecular flexibility index (Phi) is 5.55. The molecule has 0 aliphatic heterocycles. The van der Waals surface area contributed by atoms with Crippen LogP contribution in [-0.2, 0) is 4.79 Å². The van der Waals surface area contributed by atoms with Gasteiger partial charge in [-0.15, -0.1) is 22.0 Å². The van der Waals surface area contributed by atoms with Crippen molar-refractivity contribution in [2.24, 2.45) is 0 Å². The predicted octanol–water partition coefficient (Wildman–Crippen LogP) is 1.95. The molecule has 1 amide bonds. The highest BCUT2D eigenvalue weighted by molar-refractivity contribution is 7.99. The van der Waals surface area contributed by atoms with Crippen molar-refractivity contribution in [3.8, 4) is 0 Å². The molecule has 0 radical (unpaired) electrons. The van der Waals surface area contributed by atoms with Crippen molar-refractivity contribution in [3.05, 3.63) is 36.2 Å². The fourth-order valence-electron chi connectivity index (χ4n) is 1.67. The number of H-pyrrole nitrogens is 1. The Morgan fingerprint density at radius 3 is 2.90 bits per heavy atom. The number of aromatic nitrogens is 4. The number of aromatic amines is 1. The lowest BCUT2D eigenvalue weighted by molar-refractivity contribution is -0.121. The van der Waals surface area contributed by atoms with Crippen LogP contribution in [0, 0.1) is 0 Å². The highest BCUT2D eigenvalue weighted by atomic mass is 32.2. The van der Waals surface area contributed by atoms with E-state index >= 15 is 0 Å². The number of hydrogen-bond donors (Lipinski definition) is 2. The molecular weight excluding hydrogens is 274 g/mol. The molecular formula is C13H17N5OS. The Morgan fingerprint density at radius 2 is 2.20 bits per heavy atom. The van der Waals surface area contributed by atoms with Gasteiger partial charge in [-0.2, -0.15) is 5.21 Å². The van der Waals surface area contributed by atoms with Gasteiger partial charge >= 0.3 is 0 Å². The van der Waals surface area contributed by atoms with Gasteiger partial charge in [0.15, 0.2) is 5.82 Å². The van der Waals surface area contributed by atoms with Crippen LogP contribution in [0.25, 0.3) is 0 Å². The molecule has 20 heavy (non-hydrogen) atoms. The van der Waals surface area contributed by atoms with Gasteiger partial charge in [-0.1, -0.05) is 23.4 Å². The van der Waals surface area contributed by atoms with E-state index in [1.54, 1.807) is 11.8 Å². The summed E-state index contributed by atoms with van der Waals surface area (Å²) >= 11 is 1.76. The molecule has 0 fully saturated rings. The molecule has 0 aliphatic rings. The summed E-state index contributed by atoms with van der Waals surface area (Å²) in [5, 5.41) is 16.4. The van der Waals surface area contributed by atoms with E-state index in [1.807, 2.05) is 25.1 Å². The van der Waals surface area contributed by atoms with Crippen LogP contribution >= 0.6 is 11.8 Å². The minimum Gasteiger partial charge on any atom is -0.346 e. The third-order valence-electron chi connectivity index (χ3n) is 2.69. The van der Waals surface area contributed by atoms with Gasteiger partial charge in [0.05, 0.1) is 6.04 Å². The van der Waals surface area contributed by atoms with Crippen LogP contribution in [0.4, 0.5) is 0 Å². The number of hydrogen-bond acceptors (Lipinski definition) is 5. The van der Waals surface area contributed by atoms with E-state index in [0.717, 1.165) is 12.2 Å². The van der Waals surface area contributed by atoms with Crippen LogP contribution in [0.3, 0.4) is 0 Å². The van der Waals surface area contributed by atoms with Crippen LogP contribution in [-0.4, -0.2) is 32.3 Å². The van der Waals surface area contributed by atoms with Crippen molar-refractivity contribution in [2.75, 3.05) is 5.75 Å². The molecule has 7 heteroatoms. The van der Waals surface area contributed by atoms with E-state index in [-0.39, 0.29) is 11.9 Å². The van der Waals surface area contributed by atoms with Gasteiger partial charge in [-0.3, -0.25) is 4.79 Å². The normalized spacial score (nSPS) is 12.1. The molecule has 6 nitrogen and oxygen atoms in total. The minimum absolute atomic E-state index is 0.0101. The van der Waals surface area contributed by atoms with E-state index in [1.165, 1.54) is 4.90 Å². The lowest BCUT2D eigenvalue weighted by Gasteiger charge is -2.09. The highest BCUT2D eigenvalue weighted by Gasteiger charge is 2.12. The van der Waals surface area contributed by atoms with Crippen molar-refractivity contribution in [1.29, 1.82) is 0 Å².